The molecule has 0 aliphatic carbocycles. The van der Waals surface area contributed by atoms with Crippen LogP contribution in [-0.2, 0) is 28.6 Å². The zero-order valence-electron chi connectivity index (χ0n) is 30.8. The molecule has 47 heavy (non-hydrogen) atoms. The average Bonchev–Trinajstić information content (AvgIpc) is 3.06. The Morgan fingerprint density at radius 3 is 1.30 bits per heavy atom. The van der Waals surface area contributed by atoms with Gasteiger partial charge in [-0.05, 0) is 64.2 Å². The highest BCUT2D eigenvalue weighted by atomic mass is 16.6. The Kier molecular flexibility index (Phi) is 34.6. The van der Waals surface area contributed by atoms with Crippen molar-refractivity contribution in [1.82, 2.24) is 0 Å². The molecule has 0 aromatic rings. The van der Waals surface area contributed by atoms with Gasteiger partial charge in [0.2, 0.25) is 0 Å². The minimum Gasteiger partial charge on any atom is -0.462 e. The van der Waals surface area contributed by atoms with E-state index in [1.54, 1.807) is 0 Å². The van der Waals surface area contributed by atoms with Gasteiger partial charge < -0.3 is 14.2 Å². The zero-order valence-corrected chi connectivity index (χ0v) is 30.8. The maximum Gasteiger partial charge on any atom is 0.306 e. The fourth-order valence-corrected chi connectivity index (χ4v) is 5.13. The van der Waals surface area contributed by atoms with E-state index < -0.39 is 6.10 Å². The third-order valence-corrected chi connectivity index (χ3v) is 8.08. The van der Waals surface area contributed by atoms with Gasteiger partial charge in [0.05, 0.1) is 0 Å². The first-order valence-electron chi connectivity index (χ1n) is 19.5. The molecule has 0 bridgehead atoms. The molecule has 0 saturated carbocycles. The Bertz CT molecular complexity index is 815. The molecule has 0 aromatic carbocycles. The third kappa shape index (κ3) is 34.8. The summed E-state index contributed by atoms with van der Waals surface area (Å²) in [6, 6.07) is 0. The molecule has 0 radical (unpaired) electrons. The van der Waals surface area contributed by atoms with Crippen LogP contribution in [0.3, 0.4) is 0 Å². The summed E-state index contributed by atoms with van der Waals surface area (Å²) >= 11 is 0. The second-order valence-electron chi connectivity index (χ2n) is 12.8. The monoisotopic (exact) mass is 661 g/mol. The van der Waals surface area contributed by atoms with E-state index >= 15 is 0 Å². The van der Waals surface area contributed by atoms with Crippen LogP contribution in [0.4, 0.5) is 0 Å². The highest BCUT2D eigenvalue weighted by Crippen LogP contribution is 2.12. The molecule has 0 heterocycles. The number of carbonyl (C=O) groups is 3. The standard InChI is InChI=1S/C41H72O6/c1-4-7-10-13-16-18-20-21-22-24-25-28-31-34-40(43)46-37-38(36-45-39(42)33-30-27-15-12-9-6-3)47-41(44)35-32-29-26-23-19-17-14-11-8-5-2/h10-11,13-14,18,20,38H,4-9,12,15-17,19,21-37H2,1-3H3/b13-10-,14-11-,20-18-. The van der Waals surface area contributed by atoms with E-state index in [4.69, 9.17) is 14.2 Å². The van der Waals surface area contributed by atoms with E-state index in [1.165, 1.54) is 44.9 Å². The smallest absolute Gasteiger partial charge is 0.306 e. The third-order valence-electron chi connectivity index (χ3n) is 8.08. The van der Waals surface area contributed by atoms with Crippen molar-refractivity contribution < 1.29 is 28.6 Å². The number of esters is 3. The Morgan fingerprint density at radius 1 is 0.426 bits per heavy atom. The molecule has 0 fully saturated rings. The van der Waals surface area contributed by atoms with Crippen LogP contribution in [-0.4, -0.2) is 37.2 Å². The lowest BCUT2D eigenvalue weighted by molar-refractivity contribution is -0.167. The average molecular weight is 661 g/mol. The molecule has 0 saturated heterocycles. The fraction of sp³-hybridized carbons (Fsp3) is 0.780. The Labute approximate surface area is 289 Å². The van der Waals surface area contributed by atoms with Gasteiger partial charge in [-0.2, -0.15) is 0 Å². The molecule has 0 aliphatic heterocycles. The zero-order chi connectivity index (χ0) is 34.5. The van der Waals surface area contributed by atoms with E-state index in [2.05, 4.69) is 57.2 Å². The largest absolute Gasteiger partial charge is 0.462 e. The lowest BCUT2D eigenvalue weighted by Crippen LogP contribution is -2.30. The summed E-state index contributed by atoms with van der Waals surface area (Å²) in [7, 11) is 0. The number of rotatable bonds is 34. The van der Waals surface area contributed by atoms with Crippen LogP contribution < -0.4 is 0 Å². The highest BCUT2D eigenvalue weighted by Gasteiger charge is 2.19. The SMILES string of the molecule is CCC/C=C\C/C=C\CCCCCCCC(=O)OCC(COC(=O)CCCCCCCC)OC(=O)CCCCCCC/C=C\CCC. The van der Waals surface area contributed by atoms with Crippen molar-refractivity contribution in [3.63, 3.8) is 0 Å². The van der Waals surface area contributed by atoms with Crippen LogP contribution in [0.1, 0.15) is 188 Å². The summed E-state index contributed by atoms with van der Waals surface area (Å²) in [5.74, 6) is -0.923. The van der Waals surface area contributed by atoms with Crippen LogP contribution in [0.5, 0.6) is 0 Å². The van der Waals surface area contributed by atoms with E-state index in [-0.39, 0.29) is 31.1 Å². The van der Waals surface area contributed by atoms with E-state index in [9.17, 15) is 14.4 Å². The van der Waals surface area contributed by atoms with Gasteiger partial charge in [0.25, 0.3) is 0 Å². The maximum absolute atomic E-state index is 12.6. The van der Waals surface area contributed by atoms with Crippen molar-refractivity contribution in [2.24, 2.45) is 0 Å². The molecule has 272 valence electrons. The first-order valence-corrected chi connectivity index (χ1v) is 19.5. The maximum atomic E-state index is 12.6. The van der Waals surface area contributed by atoms with Crippen molar-refractivity contribution in [1.29, 1.82) is 0 Å². The number of unbranched alkanes of at least 4 members (excludes halogenated alkanes) is 17. The summed E-state index contributed by atoms with van der Waals surface area (Å²) in [6.45, 7) is 6.40. The number of allylic oxidation sites excluding steroid dienone is 6. The van der Waals surface area contributed by atoms with Gasteiger partial charge in [-0.3, -0.25) is 14.4 Å². The number of hydrogen-bond donors (Lipinski definition) is 0. The Hall–Kier alpha value is -2.37. The molecule has 0 aliphatic rings. The summed E-state index contributed by atoms with van der Waals surface area (Å²) in [5, 5.41) is 0. The van der Waals surface area contributed by atoms with E-state index in [0.717, 1.165) is 103 Å². The molecule has 0 aromatic heterocycles. The molecular formula is C41H72O6. The first kappa shape index (κ1) is 44.6. The lowest BCUT2D eigenvalue weighted by Gasteiger charge is -2.18. The number of hydrogen-bond acceptors (Lipinski definition) is 6. The van der Waals surface area contributed by atoms with Gasteiger partial charge in [-0.1, -0.05) is 141 Å². The fourth-order valence-electron chi connectivity index (χ4n) is 5.13. The van der Waals surface area contributed by atoms with Gasteiger partial charge in [0.15, 0.2) is 6.10 Å². The molecule has 6 heteroatoms. The van der Waals surface area contributed by atoms with Gasteiger partial charge in [-0.15, -0.1) is 0 Å². The molecule has 0 N–H and O–H groups in total. The molecule has 0 rings (SSSR count). The van der Waals surface area contributed by atoms with Crippen molar-refractivity contribution in [3.8, 4) is 0 Å². The molecule has 1 atom stereocenters. The number of carbonyl (C=O) groups excluding carboxylic acids is 3. The van der Waals surface area contributed by atoms with Crippen LogP contribution in [0.2, 0.25) is 0 Å². The normalized spacial score (nSPS) is 12.3. The molecule has 6 nitrogen and oxygen atoms in total. The van der Waals surface area contributed by atoms with Crippen LogP contribution in [0, 0.1) is 0 Å². The van der Waals surface area contributed by atoms with Gasteiger partial charge >= 0.3 is 17.9 Å². The Morgan fingerprint density at radius 2 is 0.809 bits per heavy atom. The summed E-state index contributed by atoms with van der Waals surface area (Å²) in [4.78, 5) is 37.3. The topological polar surface area (TPSA) is 78.9 Å². The van der Waals surface area contributed by atoms with Crippen LogP contribution in [0.15, 0.2) is 36.5 Å². The minimum atomic E-state index is -0.773. The quantitative estimate of drug-likeness (QED) is 0.0296. The summed E-state index contributed by atoms with van der Waals surface area (Å²) in [5.41, 5.74) is 0. The minimum absolute atomic E-state index is 0.0806. The first-order chi connectivity index (χ1) is 23.0. The molecular weight excluding hydrogens is 588 g/mol. The lowest BCUT2D eigenvalue weighted by atomic mass is 10.1. The van der Waals surface area contributed by atoms with Gasteiger partial charge in [-0.25, -0.2) is 0 Å². The van der Waals surface area contributed by atoms with Crippen molar-refractivity contribution in [2.45, 2.75) is 194 Å². The Balaban J connectivity index is 4.35. The van der Waals surface area contributed by atoms with Crippen molar-refractivity contribution >= 4 is 17.9 Å². The molecule has 0 spiro atoms. The highest BCUT2D eigenvalue weighted by molar-refractivity contribution is 5.71. The predicted molar refractivity (Wildman–Crippen MR) is 196 cm³/mol. The van der Waals surface area contributed by atoms with E-state index in [0.29, 0.717) is 19.3 Å². The predicted octanol–water partition coefficient (Wildman–Crippen LogP) is 11.9. The van der Waals surface area contributed by atoms with E-state index in [1.807, 2.05) is 0 Å². The van der Waals surface area contributed by atoms with Crippen LogP contribution in [0.25, 0.3) is 0 Å². The van der Waals surface area contributed by atoms with Crippen molar-refractivity contribution in [3.05, 3.63) is 36.5 Å². The summed E-state index contributed by atoms with van der Waals surface area (Å²) in [6.07, 6.45) is 38.6. The van der Waals surface area contributed by atoms with Crippen LogP contribution >= 0.6 is 0 Å². The van der Waals surface area contributed by atoms with Gasteiger partial charge in [0, 0.05) is 19.3 Å². The second-order valence-corrected chi connectivity index (χ2v) is 12.8. The summed E-state index contributed by atoms with van der Waals surface area (Å²) < 4.78 is 16.5. The number of ether oxygens (including phenoxy) is 3. The van der Waals surface area contributed by atoms with Crippen molar-refractivity contribution in [2.75, 3.05) is 13.2 Å². The van der Waals surface area contributed by atoms with Gasteiger partial charge in [0.1, 0.15) is 13.2 Å². The second kappa shape index (κ2) is 36.5. The molecule has 0 amide bonds. The molecule has 1 unspecified atom stereocenters.